The first-order valence-corrected chi connectivity index (χ1v) is 10.8. The minimum atomic E-state index is -0.537. The minimum absolute atomic E-state index is 0.0387. The number of esters is 1. The molecule has 0 fully saturated rings. The molecule has 0 aromatic rings. The second-order valence-corrected chi connectivity index (χ2v) is 10.9. The maximum Gasteiger partial charge on any atom is 0.312 e. The van der Waals surface area contributed by atoms with Crippen LogP contribution in [0.4, 0.5) is 0 Å². The predicted octanol–water partition coefficient (Wildman–Crippen LogP) is 5.28. The van der Waals surface area contributed by atoms with Crippen molar-refractivity contribution in [2.75, 3.05) is 13.2 Å². The third-order valence-corrected chi connectivity index (χ3v) is 6.19. The lowest BCUT2D eigenvalue weighted by molar-refractivity contribution is -0.165. The van der Waals surface area contributed by atoms with Crippen molar-refractivity contribution >= 4 is 17.8 Å². The molecule has 0 radical (unpaired) electrons. The first kappa shape index (κ1) is 25.4. The highest BCUT2D eigenvalue weighted by Gasteiger charge is 2.47. The lowest BCUT2D eigenvalue weighted by Gasteiger charge is -2.43. The van der Waals surface area contributed by atoms with Gasteiger partial charge in [0.05, 0.1) is 12.0 Å². The van der Waals surface area contributed by atoms with Crippen LogP contribution in [-0.4, -0.2) is 35.8 Å². The van der Waals surface area contributed by atoms with Gasteiger partial charge in [-0.2, -0.15) is 0 Å². The maximum absolute atomic E-state index is 12.9. The van der Waals surface area contributed by atoms with Crippen molar-refractivity contribution in [3.05, 3.63) is 11.1 Å². The molecule has 1 unspecified atom stereocenters. The lowest BCUT2D eigenvalue weighted by Crippen LogP contribution is -2.44. The molecule has 29 heavy (non-hydrogen) atoms. The average Bonchev–Trinajstić information content (AvgIpc) is 2.75. The number of nitrogens with zero attached hydrogens (tertiary/aromatic N) is 1. The van der Waals surface area contributed by atoms with Gasteiger partial charge >= 0.3 is 5.97 Å². The van der Waals surface area contributed by atoms with Gasteiger partial charge in [0, 0.05) is 17.7 Å². The Kier molecular flexibility index (Phi) is 8.26. The number of unbranched alkanes of at least 4 members (excludes halogenated alkanes) is 3. The third-order valence-electron chi connectivity index (χ3n) is 6.19. The van der Waals surface area contributed by atoms with Crippen molar-refractivity contribution in [2.45, 2.75) is 94.4 Å². The summed E-state index contributed by atoms with van der Waals surface area (Å²) in [7, 11) is 0. The molecule has 5 nitrogen and oxygen atoms in total. The summed E-state index contributed by atoms with van der Waals surface area (Å²) in [5.74, 6) is -0.450. The summed E-state index contributed by atoms with van der Waals surface area (Å²) in [5, 5.41) is 0. The van der Waals surface area contributed by atoms with E-state index in [1.54, 1.807) is 13.8 Å². The van der Waals surface area contributed by atoms with Gasteiger partial charge in [0.2, 0.25) is 0 Å². The van der Waals surface area contributed by atoms with Crippen molar-refractivity contribution in [1.29, 1.82) is 0 Å². The second-order valence-electron chi connectivity index (χ2n) is 10.9. The summed E-state index contributed by atoms with van der Waals surface area (Å²) in [6.45, 7) is 19.0. The van der Waals surface area contributed by atoms with Crippen LogP contribution < -0.4 is 0 Å². The topological polar surface area (TPSA) is 63.7 Å². The molecule has 0 saturated carbocycles. The van der Waals surface area contributed by atoms with Crippen LogP contribution in [0.5, 0.6) is 0 Å². The fraction of sp³-hybridized carbons (Fsp3) is 0.792. The summed E-state index contributed by atoms with van der Waals surface area (Å²) in [5.41, 5.74) is 0.427. The molecule has 1 aliphatic rings. The van der Waals surface area contributed by atoms with Crippen molar-refractivity contribution in [2.24, 2.45) is 16.2 Å². The second kappa shape index (κ2) is 9.44. The third kappa shape index (κ3) is 6.42. The van der Waals surface area contributed by atoms with Gasteiger partial charge in [0.1, 0.15) is 0 Å². The molecule has 0 N–H and O–H groups in total. The molecular weight excluding hydrogens is 366 g/mol. The normalized spacial score (nSPS) is 17.8. The van der Waals surface area contributed by atoms with Crippen LogP contribution in [0.15, 0.2) is 11.1 Å². The molecule has 5 heteroatoms. The molecule has 0 bridgehead atoms. The highest BCUT2D eigenvalue weighted by molar-refractivity contribution is 6.18. The zero-order chi connectivity index (χ0) is 22.6. The summed E-state index contributed by atoms with van der Waals surface area (Å²) < 4.78 is 5.66. The van der Waals surface area contributed by atoms with E-state index in [4.69, 9.17) is 4.74 Å². The van der Waals surface area contributed by atoms with Crippen LogP contribution in [0.3, 0.4) is 0 Å². The van der Waals surface area contributed by atoms with Gasteiger partial charge in [0.25, 0.3) is 11.8 Å². The maximum atomic E-state index is 12.9. The summed E-state index contributed by atoms with van der Waals surface area (Å²) in [4.78, 5) is 38.3. The molecule has 0 aromatic heterocycles. The number of carbonyl (C=O) groups excluding carboxylic acids is 3. The number of carbonyl (C=O) groups is 3. The van der Waals surface area contributed by atoms with E-state index in [9.17, 15) is 14.4 Å². The quantitative estimate of drug-likeness (QED) is 0.296. The van der Waals surface area contributed by atoms with E-state index in [0.717, 1.165) is 32.1 Å². The Morgan fingerprint density at radius 2 is 1.31 bits per heavy atom. The van der Waals surface area contributed by atoms with Crippen LogP contribution >= 0.6 is 0 Å². The van der Waals surface area contributed by atoms with Crippen LogP contribution in [0.1, 0.15) is 94.4 Å². The zero-order valence-electron chi connectivity index (χ0n) is 20.0. The van der Waals surface area contributed by atoms with E-state index in [2.05, 4.69) is 41.5 Å². The van der Waals surface area contributed by atoms with E-state index in [1.165, 1.54) is 4.90 Å². The van der Waals surface area contributed by atoms with Gasteiger partial charge < -0.3 is 4.74 Å². The predicted molar refractivity (Wildman–Crippen MR) is 116 cm³/mol. The lowest BCUT2D eigenvalue weighted by atomic mass is 9.61. The Morgan fingerprint density at radius 3 is 1.76 bits per heavy atom. The Labute approximate surface area is 177 Å². The first-order chi connectivity index (χ1) is 13.1. The monoisotopic (exact) mass is 407 g/mol. The number of hydrogen-bond acceptors (Lipinski definition) is 4. The molecule has 166 valence electrons. The molecule has 0 saturated heterocycles. The Hall–Kier alpha value is -1.65. The van der Waals surface area contributed by atoms with Crippen LogP contribution in [0, 0.1) is 16.2 Å². The number of ether oxygens (including phenoxy) is 1. The van der Waals surface area contributed by atoms with Crippen LogP contribution in [0.2, 0.25) is 0 Å². The molecule has 1 heterocycles. The smallest absolute Gasteiger partial charge is 0.312 e. The Morgan fingerprint density at radius 1 is 0.828 bits per heavy atom. The van der Waals surface area contributed by atoms with E-state index >= 15 is 0 Å². The van der Waals surface area contributed by atoms with Crippen LogP contribution in [0.25, 0.3) is 0 Å². The molecule has 0 aromatic carbocycles. The highest BCUT2D eigenvalue weighted by Crippen LogP contribution is 2.47. The van der Waals surface area contributed by atoms with Gasteiger partial charge in [-0.05, 0) is 57.3 Å². The molecule has 0 aliphatic carbocycles. The molecule has 1 rings (SSSR count). The van der Waals surface area contributed by atoms with Gasteiger partial charge in [-0.3, -0.25) is 19.3 Å². The average molecular weight is 408 g/mol. The summed E-state index contributed by atoms with van der Waals surface area (Å²) in [6.07, 6.45) is 4.13. The van der Waals surface area contributed by atoms with Crippen molar-refractivity contribution in [3.8, 4) is 0 Å². The van der Waals surface area contributed by atoms with Crippen LogP contribution in [-0.2, 0) is 19.1 Å². The molecule has 0 spiro atoms. The number of rotatable bonds is 9. The van der Waals surface area contributed by atoms with Gasteiger partial charge in [-0.1, -0.05) is 48.0 Å². The van der Waals surface area contributed by atoms with Gasteiger partial charge in [0.15, 0.2) is 0 Å². The van der Waals surface area contributed by atoms with Crippen molar-refractivity contribution in [3.63, 3.8) is 0 Å². The zero-order valence-corrected chi connectivity index (χ0v) is 20.0. The van der Waals surface area contributed by atoms with E-state index in [-0.39, 0.29) is 28.6 Å². The van der Waals surface area contributed by atoms with E-state index < -0.39 is 5.41 Å². The van der Waals surface area contributed by atoms with E-state index in [0.29, 0.717) is 24.3 Å². The van der Waals surface area contributed by atoms with Crippen molar-refractivity contribution < 1.29 is 19.1 Å². The summed E-state index contributed by atoms with van der Waals surface area (Å²) in [6, 6.07) is 0. The van der Waals surface area contributed by atoms with Gasteiger partial charge in [-0.15, -0.1) is 0 Å². The highest BCUT2D eigenvalue weighted by atomic mass is 16.5. The number of amides is 2. The fourth-order valence-electron chi connectivity index (χ4n) is 3.77. The minimum Gasteiger partial charge on any atom is -0.465 e. The fourth-order valence-corrected chi connectivity index (χ4v) is 3.77. The Balaban J connectivity index is 2.38. The van der Waals surface area contributed by atoms with E-state index in [1.807, 2.05) is 6.92 Å². The first-order valence-electron chi connectivity index (χ1n) is 10.8. The largest absolute Gasteiger partial charge is 0.465 e. The van der Waals surface area contributed by atoms with Gasteiger partial charge in [-0.25, -0.2) is 0 Å². The van der Waals surface area contributed by atoms with Crippen molar-refractivity contribution in [1.82, 2.24) is 4.90 Å². The molecule has 1 atom stereocenters. The molecular formula is C24H41NO4. The number of hydrogen-bond donors (Lipinski definition) is 0. The molecule has 2 amide bonds. The standard InChI is InChI=1S/C24H41NO4/c1-17-18(2)20(27)25(19(17)26)14-12-10-11-13-15-29-21(28)24(9,23(6,7)8)16-22(3,4)5/h10-16H2,1-9H3. The Bertz CT molecular complexity index is 639. The molecule has 1 aliphatic heterocycles. The SMILES string of the molecule is CC1=C(C)C(=O)N(CCCCCCOC(=O)C(C)(CC(C)(C)C)C(C)(C)C)C1=O. The number of imide groups is 1. The summed E-state index contributed by atoms with van der Waals surface area (Å²) >= 11 is 0.